The summed E-state index contributed by atoms with van der Waals surface area (Å²) in [6.45, 7) is 4.65. The molecule has 3 aromatic rings. The van der Waals surface area contributed by atoms with Gasteiger partial charge in [-0.25, -0.2) is 4.68 Å². The normalized spacial score (nSPS) is 14.9. The Morgan fingerprint density at radius 3 is 2.48 bits per heavy atom. The van der Waals surface area contributed by atoms with Crippen molar-refractivity contribution in [3.63, 3.8) is 0 Å². The fourth-order valence-corrected chi connectivity index (χ4v) is 2.95. The first-order valence-electron chi connectivity index (χ1n) is 8.81. The van der Waals surface area contributed by atoms with Crippen molar-refractivity contribution < 1.29 is 9.21 Å². The molecule has 0 bridgehead atoms. The van der Waals surface area contributed by atoms with Crippen molar-refractivity contribution in [1.82, 2.24) is 24.9 Å². The number of hydrogen-bond donors (Lipinski definition) is 0. The number of piperazine rings is 1. The zero-order valence-corrected chi connectivity index (χ0v) is 15.0. The smallest absolute Gasteiger partial charge is 0.246 e. The van der Waals surface area contributed by atoms with Gasteiger partial charge >= 0.3 is 0 Å². The molecule has 0 aliphatic carbocycles. The summed E-state index contributed by atoms with van der Waals surface area (Å²) in [5.74, 6) is 2.15. The van der Waals surface area contributed by atoms with E-state index in [2.05, 4.69) is 20.2 Å². The van der Waals surface area contributed by atoms with Crippen LogP contribution in [-0.4, -0.2) is 57.0 Å². The van der Waals surface area contributed by atoms with Crippen LogP contribution in [0, 0.1) is 6.92 Å². The first-order chi connectivity index (χ1) is 13.2. The van der Waals surface area contributed by atoms with E-state index >= 15 is 0 Å². The van der Waals surface area contributed by atoms with Gasteiger partial charge < -0.3 is 14.2 Å². The minimum absolute atomic E-state index is 0.0125. The molecule has 0 spiro atoms. The Morgan fingerprint density at radius 2 is 1.85 bits per heavy atom. The Balaban J connectivity index is 1.34. The highest BCUT2D eigenvalue weighted by atomic mass is 16.3. The van der Waals surface area contributed by atoms with Gasteiger partial charge in [0.25, 0.3) is 0 Å². The van der Waals surface area contributed by atoms with Crippen LogP contribution >= 0.6 is 0 Å². The van der Waals surface area contributed by atoms with Gasteiger partial charge in [0, 0.05) is 38.5 Å². The van der Waals surface area contributed by atoms with Gasteiger partial charge in [0.1, 0.15) is 5.76 Å². The van der Waals surface area contributed by atoms with E-state index in [0.717, 1.165) is 24.6 Å². The second kappa shape index (κ2) is 7.45. The maximum Gasteiger partial charge on any atom is 0.246 e. The van der Waals surface area contributed by atoms with Gasteiger partial charge in [-0.05, 0) is 43.3 Å². The third kappa shape index (κ3) is 3.89. The average molecular weight is 364 g/mol. The van der Waals surface area contributed by atoms with Crippen LogP contribution in [0.2, 0.25) is 0 Å². The summed E-state index contributed by atoms with van der Waals surface area (Å²) in [6.07, 6.45) is 6.69. The second-order valence-electron chi connectivity index (χ2n) is 6.31. The maximum absolute atomic E-state index is 12.3. The monoisotopic (exact) mass is 364 g/mol. The minimum Gasteiger partial charge on any atom is -0.465 e. The fraction of sp³-hybridized carbons (Fsp3) is 0.263. The van der Waals surface area contributed by atoms with E-state index in [9.17, 15) is 4.79 Å². The Kier molecular flexibility index (Phi) is 4.69. The first-order valence-corrected chi connectivity index (χ1v) is 8.81. The molecular formula is C19H20N6O2. The summed E-state index contributed by atoms with van der Waals surface area (Å²) >= 11 is 0. The highest BCUT2D eigenvalue weighted by molar-refractivity contribution is 5.91. The molecule has 1 fully saturated rings. The summed E-state index contributed by atoms with van der Waals surface area (Å²) in [5.41, 5.74) is 0.933. The highest BCUT2D eigenvalue weighted by Crippen LogP contribution is 2.14. The number of nitrogens with zero attached hydrogens (tertiary/aromatic N) is 6. The molecule has 4 rings (SSSR count). The SMILES string of the molecule is Cc1ccn(-c2ccc(N3CCN(C(=O)/C=C/c4ccco4)CC3)nn2)n1. The molecule has 4 heterocycles. The molecule has 1 aliphatic rings. The Hall–Kier alpha value is -3.42. The molecule has 27 heavy (non-hydrogen) atoms. The number of furan rings is 1. The molecule has 0 unspecified atom stereocenters. The summed E-state index contributed by atoms with van der Waals surface area (Å²) in [4.78, 5) is 16.2. The van der Waals surface area contributed by atoms with Crippen molar-refractivity contribution >= 4 is 17.8 Å². The van der Waals surface area contributed by atoms with E-state index in [1.807, 2.05) is 42.3 Å². The third-order valence-electron chi connectivity index (χ3n) is 4.44. The molecule has 3 aromatic heterocycles. The number of rotatable bonds is 4. The zero-order valence-electron chi connectivity index (χ0n) is 15.0. The largest absolute Gasteiger partial charge is 0.465 e. The first kappa shape index (κ1) is 17.0. The molecule has 1 amide bonds. The van der Waals surface area contributed by atoms with Gasteiger partial charge in [0.2, 0.25) is 5.91 Å². The molecule has 8 nitrogen and oxygen atoms in total. The topological polar surface area (TPSA) is 80.3 Å². The van der Waals surface area contributed by atoms with Crippen LogP contribution in [0.3, 0.4) is 0 Å². The van der Waals surface area contributed by atoms with Crippen LogP contribution in [0.1, 0.15) is 11.5 Å². The van der Waals surface area contributed by atoms with E-state index in [-0.39, 0.29) is 5.91 Å². The van der Waals surface area contributed by atoms with Crippen LogP contribution in [0.15, 0.2) is 53.3 Å². The molecule has 8 heteroatoms. The number of carbonyl (C=O) groups excluding carboxylic acids is 1. The predicted molar refractivity (Wildman–Crippen MR) is 100 cm³/mol. The Labute approximate surface area is 156 Å². The molecule has 0 saturated carbocycles. The summed E-state index contributed by atoms with van der Waals surface area (Å²) in [6, 6.07) is 9.37. The third-order valence-corrected chi connectivity index (χ3v) is 4.44. The van der Waals surface area contributed by atoms with Crippen LogP contribution < -0.4 is 4.90 Å². The zero-order chi connectivity index (χ0) is 18.6. The van der Waals surface area contributed by atoms with E-state index in [0.29, 0.717) is 24.7 Å². The number of hydrogen-bond acceptors (Lipinski definition) is 6. The molecule has 1 saturated heterocycles. The highest BCUT2D eigenvalue weighted by Gasteiger charge is 2.21. The van der Waals surface area contributed by atoms with Gasteiger partial charge in [0.15, 0.2) is 11.6 Å². The van der Waals surface area contributed by atoms with Crippen molar-refractivity contribution in [2.75, 3.05) is 31.1 Å². The Bertz CT molecular complexity index is 922. The molecule has 0 radical (unpaired) electrons. The molecule has 0 aromatic carbocycles. The van der Waals surface area contributed by atoms with E-state index in [1.54, 1.807) is 29.2 Å². The van der Waals surface area contributed by atoms with Crippen molar-refractivity contribution in [2.24, 2.45) is 0 Å². The summed E-state index contributed by atoms with van der Waals surface area (Å²) in [7, 11) is 0. The van der Waals surface area contributed by atoms with Crippen LogP contribution in [0.25, 0.3) is 11.9 Å². The molecule has 138 valence electrons. The number of anilines is 1. The van der Waals surface area contributed by atoms with E-state index < -0.39 is 0 Å². The van der Waals surface area contributed by atoms with E-state index in [1.165, 1.54) is 0 Å². The predicted octanol–water partition coefficient (Wildman–Crippen LogP) is 1.93. The minimum atomic E-state index is -0.0125. The van der Waals surface area contributed by atoms with E-state index in [4.69, 9.17) is 4.42 Å². The van der Waals surface area contributed by atoms with Gasteiger partial charge in [-0.2, -0.15) is 5.10 Å². The lowest BCUT2D eigenvalue weighted by atomic mass is 10.3. The summed E-state index contributed by atoms with van der Waals surface area (Å²) < 4.78 is 6.90. The molecule has 1 aliphatic heterocycles. The number of carbonyl (C=O) groups is 1. The lowest BCUT2D eigenvalue weighted by Gasteiger charge is -2.34. The van der Waals surface area contributed by atoms with Crippen LogP contribution in [-0.2, 0) is 4.79 Å². The standard InChI is InChI=1S/C19H20N6O2/c1-15-8-9-25(22-15)18-6-5-17(20-21-18)23-10-12-24(13-11-23)19(26)7-4-16-3-2-14-27-16/h2-9,14H,10-13H2,1H3/b7-4+. The molecular weight excluding hydrogens is 344 g/mol. The van der Waals surface area contributed by atoms with Crippen molar-refractivity contribution in [2.45, 2.75) is 6.92 Å². The average Bonchev–Trinajstić information content (AvgIpc) is 3.38. The number of aryl methyl sites for hydroxylation is 1. The quantitative estimate of drug-likeness (QED) is 0.658. The van der Waals surface area contributed by atoms with Gasteiger partial charge in [-0.15, -0.1) is 10.2 Å². The molecule has 0 N–H and O–H groups in total. The second-order valence-corrected chi connectivity index (χ2v) is 6.31. The summed E-state index contributed by atoms with van der Waals surface area (Å²) in [5, 5.41) is 12.9. The Morgan fingerprint density at radius 1 is 1.07 bits per heavy atom. The van der Waals surface area contributed by atoms with Crippen molar-refractivity contribution in [1.29, 1.82) is 0 Å². The number of amides is 1. The van der Waals surface area contributed by atoms with Crippen LogP contribution in [0.5, 0.6) is 0 Å². The lowest BCUT2D eigenvalue weighted by Crippen LogP contribution is -2.48. The van der Waals surface area contributed by atoms with Crippen LogP contribution in [0.4, 0.5) is 5.82 Å². The fourth-order valence-electron chi connectivity index (χ4n) is 2.95. The maximum atomic E-state index is 12.3. The van der Waals surface area contributed by atoms with Gasteiger partial charge in [-0.1, -0.05) is 0 Å². The van der Waals surface area contributed by atoms with Gasteiger partial charge in [0.05, 0.1) is 12.0 Å². The molecule has 0 atom stereocenters. The number of aromatic nitrogens is 4. The lowest BCUT2D eigenvalue weighted by molar-refractivity contribution is -0.126. The van der Waals surface area contributed by atoms with Crippen molar-refractivity contribution in [3.8, 4) is 5.82 Å². The van der Waals surface area contributed by atoms with Gasteiger partial charge in [-0.3, -0.25) is 4.79 Å². The van der Waals surface area contributed by atoms with Crippen molar-refractivity contribution in [3.05, 3.63) is 60.3 Å².